The molecule has 4 rings (SSSR count). The number of pyridine rings is 1. The van der Waals surface area contributed by atoms with Gasteiger partial charge in [-0.1, -0.05) is 69.5 Å². The third kappa shape index (κ3) is 13.2. The van der Waals surface area contributed by atoms with Gasteiger partial charge in [-0.3, -0.25) is 4.79 Å². The van der Waals surface area contributed by atoms with Gasteiger partial charge in [0.05, 0.1) is 31.0 Å². The van der Waals surface area contributed by atoms with Crippen molar-refractivity contribution in [1.82, 2.24) is 15.0 Å². The predicted octanol–water partition coefficient (Wildman–Crippen LogP) is 9.46. The van der Waals surface area contributed by atoms with E-state index in [2.05, 4.69) is 21.6 Å². The number of aliphatic hydroxyl groups excluding tert-OH is 1. The van der Waals surface area contributed by atoms with Crippen molar-refractivity contribution in [1.29, 1.82) is 0 Å². The highest BCUT2D eigenvalue weighted by atomic mass is 35.5. The lowest BCUT2D eigenvalue weighted by molar-refractivity contribution is -0.265. The zero-order chi connectivity index (χ0) is 41.5. The van der Waals surface area contributed by atoms with Crippen molar-refractivity contribution in [2.24, 2.45) is 0 Å². The predicted molar refractivity (Wildman–Crippen MR) is 214 cm³/mol. The van der Waals surface area contributed by atoms with Crippen molar-refractivity contribution in [3.63, 3.8) is 0 Å². The summed E-state index contributed by atoms with van der Waals surface area (Å²) in [5.74, 6) is 0.284. The number of allylic oxidation sites excluding steroid dienone is 1. The fraction of sp³-hybridized carbons (Fsp3) is 0.487. The number of fused-ring (bicyclic) bond motifs is 1. The van der Waals surface area contributed by atoms with E-state index in [0.717, 1.165) is 0 Å². The van der Waals surface area contributed by atoms with Crippen molar-refractivity contribution in [3.8, 4) is 28.5 Å². The Morgan fingerprint density at radius 2 is 1.70 bits per heavy atom. The molecule has 0 radical (unpaired) electrons. The van der Waals surface area contributed by atoms with Crippen molar-refractivity contribution >= 4 is 41.1 Å². The SMILES string of the molecule is C=CCCl.CC.CC.COc1cc(C(=O)NCC(O)(c2cc3c(c(-c4ccc(Cl)cc4)n2)OCC3(C)NSC(C)(C)C)C(F)(F)F)ccc1OC[C@@H](C)O. The van der Waals surface area contributed by atoms with E-state index < -0.39 is 41.6 Å². The molecule has 0 spiro atoms. The number of halogens is 5. The summed E-state index contributed by atoms with van der Waals surface area (Å²) in [6.07, 6.45) is -4.38. The Morgan fingerprint density at radius 1 is 1.11 bits per heavy atom. The van der Waals surface area contributed by atoms with Gasteiger partial charge in [-0.25, -0.2) is 9.71 Å². The van der Waals surface area contributed by atoms with Crippen LogP contribution in [0.1, 0.15) is 83.9 Å². The number of nitrogens with zero attached hydrogens (tertiary/aromatic N) is 1. The van der Waals surface area contributed by atoms with Gasteiger partial charge in [-0.15, -0.1) is 18.2 Å². The van der Waals surface area contributed by atoms with Crippen molar-refractivity contribution < 1.29 is 42.4 Å². The molecule has 0 bridgehead atoms. The number of methoxy groups -OCH3 is 1. The molecular formula is C39H54Cl2F3N3O6S. The second kappa shape index (κ2) is 21.8. The monoisotopic (exact) mass is 819 g/mol. The average molecular weight is 821 g/mol. The van der Waals surface area contributed by atoms with Gasteiger partial charge in [0.15, 0.2) is 17.2 Å². The summed E-state index contributed by atoms with van der Waals surface area (Å²) < 4.78 is 64.3. The normalized spacial score (nSPS) is 16.2. The molecule has 3 atom stereocenters. The van der Waals surface area contributed by atoms with Crippen molar-refractivity contribution in [2.45, 2.75) is 90.5 Å². The fourth-order valence-electron chi connectivity index (χ4n) is 4.53. The number of aromatic nitrogens is 1. The molecule has 3 aromatic rings. The van der Waals surface area contributed by atoms with E-state index >= 15 is 0 Å². The molecule has 1 aliphatic rings. The first-order valence-corrected chi connectivity index (χ1v) is 19.1. The largest absolute Gasteiger partial charge is 0.493 e. The number of aliphatic hydroxyl groups is 2. The van der Waals surface area contributed by atoms with Gasteiger partial charge in [0, 0.05) is 32.3 Å². The van der Waals surface area contributed by atoms with Gasteiger partial charge in [0.1, 0.15) is 18.9 Å². The van der Waals surface area contributed by atoms with E-state index in [9.17, 15) is 28.2 Å². The molecule has 302 valence electrons. The van der Waals surface area contributed by atoms with E-state index in [0.29, 0.717) is 22.0 Å². The van der Waals surface area contributed by atoms with E-state index in [1.165, 1.54) is 50.2 Å². The van der Waals surface area contributed by atoms with Crippen LogP contribution in [0.4, 0.5) is 13.2 Å². The minimum absolute atomic E-state index is 0.0409. The number of nitrogens with one attached hydrogen (secondary N) is 2. The lowest BCUT2D eigenvalue weighted by Gasteiger charge is -2.32. The van der Waals surface area contributed by atoms with E-state index in [1.807, 2.05) is 48.5 Å². The standard InChI is InChI=1S/C32H37ClF3N3O6S.C3H5Cl.2C2H6/c1-18(40)15-44-23-12-9-20(13-24(23)43-6)28(41)37-16-31(42,32(34,35)36)25-14-22-27(26(38-25)19-7-10-21(33)11-8-19)45-17-30(22,5)39-46-29(2,3)4;1-2-3-4;2*1-2/h7-14,18,39-40,42H,15-17H2,1-6H3,(H,37,41);2H,1,3H2;2*1-2H3/t18-,30?,31?;;;/m1.../s1. The maximum absolute atomic E-state index is 14.8. The Labute approximate surface area is 332 Å². The molecule has 1 aliphatic heterocycles. The minimum Gasteiger partial charge on any atom is -0.493 e. The second-order valence-electron chi connectivity index (χ2n) is 12.7. The highest BCUT2D eigenvalue weighted by Gasteiger charge is 2.57. The number of rotatable bonds is 12. The number of alkyl halides is 4. The highest BCUT2D eigenvalue weighted by Crippen LogP contribution is 2.48. The van der Waals surface area contributed by atoms with Gasteiger partial charge in [-0.2, -0.15) is 13.2 Å². The Morgan fingerprint density at radius 3 is 2.20 bits per heavy atom. The molecule has 0 saturated heterocycles. The Bertz CT molecular complexity index is 1640. The molecule has 1 amide bonds. The summed E-state index contributed by atoms with van der Waals surface area (Å²) in [6, 6.07) is 11.5. The second-order valence-corrected chi connectivity index (χ2v) is 15.1. The van der Waals surface area contributed by atoms with Gasteiger partial charge in [0.2, 0.25) is 5.60 Å². The number of amides is 1. The van der Waals surface area contributed by atoms with Crippen molar-refractivity contribution in [3.05, 3.63) is 83.0 Å². The van der Waals surface area contributed by atoms with Crippen molar-refractivity contribution in [2.75, 3.05) is 32.7 Å². The maximum atomic E-state index is 14.8. The zero-order valence-electron chi connectivity index (χ0n) is 32.6. The Balaban J connectivity index is 0.00000168. The highest BCUT2D eigenvalue weighted by molar-refractivity contribution is 7.98. The molecule has 54 heavy (non-hydrogen) atoms. The quantitative estimate of drug-likeness (QED) is 0.0805. The molecular weight excluding hydrogens is 766 g/mol. The summed E-state index contributed by atoms with van der Waals surface area (Å²) in [5.41, 5.74) is -4.43. The molecule has 2 aromatic carbocycles. The molecule has 2 unspecified atom stereocenters. The number of carbonyl (C=O) groups is 1. The van der Waals surface area contributed by atoms with Crippen LogP contribution in [0, 0.1) is 0 Å². The summed E-state index contributed by atoms with van der Waals surface area (Å²) in [6.45, 7) is 19.4. The van der Waals surface area contributed by atoms with Crippen LogP contribution >= 0.6 is 35.1 Å². The van der Waals surface area contributed by atoms with Crippen LogP contribution in [0.5, 0.6) is 17.2 Å². The number of hydrogen-bond donors (Lipinski definition) is 4. The number of benzene rings is 2. The summed E-state index contributed by atoms with van der Waals surface area (Å²) in [5, 5.41) is 23.5. The van der Waals surface area contributed by atoms with Gasteiger partial charge >= 0.3 is 6.18 Å². The minimum atomic E-state index is -5.25. The molecule has 1 aromatic heterocycles. The van der Waals surface area contributed by atoms with Gasteiger partial charge in [0.25, 0.3) is 5.91 Å². The molecule has 4 N–H and O–H groups in total. The number of ether oxygens (including phenoxy) is 3. The summed E-state index contributed by atoms with van der Waals surface area (Å²) in [7, 11) is 1.33. The van der Waals surface area contributed by atoms with Crippen LogP contribution in [0.2, 0.25) is 5.02 Å². The third-order valence-electron chi connectivity index (χ3n) is 7.19. The topological polar surface area (TPSA) is 122 Å². The molecule has 0 aliphatic carbocycles. The lowest BCUT2D eigenvalue weighted by atomic mass is 9.89. The zero-order valence-corrected chi connectivity index (χ0v) is 34.9. The van der Waals surface area contributed by atoms with Crippen LogP contribution in [0.15, 0.2) is 61.2 Å². The van der Waals surface area contributed by atoms with Crippen LogP contribution < -0.4 is 24.2 Å². The van der Waals surface area contributed by atoms with Crippen LogP contribution in [-0.4, -0.2) is 70.9 Å². The van der Waals surface area contributed by atoms with Crippen LogP contribution in [-0.2, 0) is 11.1 Å². The molecule has 15 heteroatoms. The third-order valence-corrected chi connectivity index (χ3v) is 8.82. The first kappa shape index (κ1) is 48.8. The maximum Gasteiger partial charge on any atom is 0.424 e. The molecule has 2 heterocycles. The Hall–Kier alpha value is -3.20. The summed E-state index contributed by atoms with van der Waals surface area (Å²) >= 11 is 12.5. The smallest absolute Gasteiger partial charge is 0.424 e. The fourth-order valence-corrected chi connectivity index (χ4v) is 5.36. The van der Waals surface area contributed by atoms with Crippen LogP contribution in [0.25, 0.3) is 11.3 Å². The summed E-state index contributed by atoms with van der Waals surface area (Å²) in [4.78, 5) is 17.4. The van der Waals surface area contributed by atoms with Crippen LogP contribution in [0.3, 0.4) is 0 Å². The first-order chi connectivity index (χ1) is 25.3. The molecule has 0 fully saturated rings. The van der Waals surface area contributed by atoms with E-state index in [4.69, 9.17) is 37.4 Å². The Kier molecular flexibility index (Phi) is 19.7. The number of carbonyl (C=O) groups excluding carboxylic acids is 1. The van der Waals surface area contributed by atoms with Gasteiger partial charge in [-0.05, 0) is 71.0 Å². The first-order valence-electron chi connectivity index (χ1n) is 17.4. The van der Waals surface area contributed by atoms with Gasteiger partial charge < -0.3 is 29.7 Å². The molecule has 0 saturated carbocycles. The number of hydrogen-bond acceptors (Lipinski definition) is 9. The average Bonchev–Trinajstić information content (AvgIpc) is 3.49. The van der Waals surface area contributed by atoms with E-state index in [1.54, 1.807) is 37.3 Å². The molecule has 9 nitrogen and oxygen atoms in total. The van der Waals surface area contributed by atoms with E-state index in [-0.39, 0.29) is 46.5 Å². The lowest BCUT2D eigenvalue weighted by Crippen LogP contribution is -2.51.